The minimum atomic E-state index is -4.05. The van der Waals surface area contributed by atoms with E-state index in [0.717, 1.165) is 32.1 Å². The summed E-state index contributed by atoms with van der Waals surface area (Å²) in [5.74, 6) is 0. The molecule has 0 aromatic heterocycles. The molecule has 0 fully saturated rings. The van der Waals surface area contributed by atoms with E-state index in [1.807, 2.05) is 0 Å². The molecule has 36 heavy (non-hydrogen) atoms. The average Bonchev–Trinajstić information content (AvgIpc) is 2.84. The Morgan fingerprint density at radius 3 is 1.14 bits per heavy atom. The SMILES string of the molecule is CCCCCCCCCCCCCCCCCCCCOS(=O)(=O)C(F)CCCCCCCCC.[H-].[Li+]. The third-order valence-electron chi connectivity index (χ3n) is 7.09. The second kappa shape index (κ2) is 30.0. The molecule has 0 rings (SSSR count). The molecule has 0 heterocycles. The zero-order valence-electron chi connectivity index (χ0n) is 25.7. The molecule has 214 valence electrons. The minimum absolute atomic E-state index is 0. The average molecular weight is 529 g/mol. The van der Waals surface area contributed by atoms with Gasteiger partial charge in [-0.05, 0) is 19.3 Å². The van der Waals surface area contributed by atoms with Gasteiger partial charge in [-0.1, -0.05) is 162 Å². The maximum Gasteiger partial charge on any atom is 1.00 e. The van der Waals surface area contributed by atoms with E-state index in [-0.39, 0.29) is 33.3 Å². The van der Waals surface area contributed by atoms with Crippen LogP contribution in [-0.4, -0.2) is 20.5 Å². The number of halogens is 1. The summed E-state index contributed by atoms with van der Waals surface area (Å²) in [6, 6.07) is 0. The Kier molecular flexibility index (Phi) is 32.1. The zero-order chi connectivity index (χ0) is 25.9. The van der Waals surface area contributed by atoms with Crippen LogP contribution in [0.1, 0.15) is 182 Å². The molecule has 0 saturated carbocycles. The minimum Gasteiger partial charge on any atom is -1.00 e. The molecule has 0 aromatic rings. The van der Waals surface area contributed by atoms with Gasteiger partial charge >= 0.3 is 18.9 Å². The molecule has 3 nitrogen and oxygen atoms in total. The van der Waals surface area contributed by atoms with E-state index in [1.54, 1.807) is 0 Å². The summed E-state index contributed by atoms with van der Waals surface area (Å²) in [5.41, 5.74) is -1.87. The predicted molar refractivity (Wildman–Crippen MR) is 152 cm³/mol. The smallest absolute Gasteiger partial charge is 1.00 e. The van der Waals surface area contributed by atoms with Crippen LogP contribution in [0.25, 0.3) is 0 Å². The number of hydrogen-bond donors (Lipinski definition) is 0. The van der Waals surface area contributed by atoms with Crippen LogP contribution in [0.5, 0.6) is 0 Å². The Labute approximate surface area is 239 Å². The molecule has 0 bridgehead atoms. The largest absolute Gasteiger partial charge is 1.00 e. The summed E-state index contributed by atoms with van der Waals surface area (Å²) in [6.45, 7) is 4.58. The molecule has 0 aliphatic carbocycles. The van der Waals surface area contributed by atoms with E-state index in [1.165, 1.54) is 116 Å². The molecule has 0 spiro atoms. The number of hydrogen-bond acceptors (Lipinski definition) is 3. The third kappa shape index (κ3) is 27.5. The van der Waals surface area contributed by atoms with Crippen LogP contribution < -0.4 is 18.9 Å². The van der Waals surface area contributed by atoms with Crippen LogP contribution in [0.15, 0.2) is 0 Å². The monoisotopic (exact) mass is 528 g/mol. The van der Waals surface area contributed by atoms with Gasteiger partial charge in [0.15, 0.2) is 0 Å². The summed E-state index contributed by atoms with van der Waals surface area (Å²) in [5, 5.41) is 0. The topological polar surface area (TPSA) is 43.4 Å². The fraction of sp³-hybridized carbons (Fsp3) is 1.00. The Bertz CT molecular complexity index is 523. The molecular weight excluding hydrogens is 466 g/mol. The molecule has 0 aromatic carbocycles. The summed E-state index contributed by atoms with van der Waals surface area (Å²) < 4.78 is 42.8. The van der Waals surface area contributed by atoms with Gasteiger partial charge in [0.1, 0.15) is 0 Å². The first kappa shape index (κ1) is 38.6. The van der Waals surface area contributed by atoms with Gasteiger partial charge in [-0.3, -0.25) is 4.18 Å². The van der Waals surface area contributed by atoms with Gasteiger partial charge in [0.2, 0.25) is 5.50 Å². The first-order valence-electron chi connectivity index (χ1n) is 15.6. The van der Waals surface area contributed by atoms with E-state index >= 15 is 0 Å². The maximum atomic E-state index is 14.0. The van der Waals surface area contributed by atoms with Crippen molar-refractivity contribution >= 4 is 10.1 Å². The first-order chi connectivity index (χ1) is 17.0. The van der Waals surface area contributed by atoms with Crippen molar-refractivity contribution in [3.8, 4) is 0 Å². The molecule has 6 heteroatoms. The molecule has 1 unspecified atom stereocenters. The summed E-state index contributed by atoms with van der Waals surface area (Å²) >= 11 is 0. The zero-order valence-corrected chi connectivity index (χ0v) is 25.5. The van der Waals surface area contributed by atoms with Crippen LogP contribution in [0.3, 0.4) is 0 Å². The van der Waals surface area contributed by atoms with E-state index in [9.17, 15) is 12.8 Å². The van der Waals surface area contributed by atoms with Crippen LogP contribution in [0, 0.1) is 0 Å². The molecule has 0 aliphatic heterocycles. The van der Waals surface area contributed by atoms with Gasteiger partial charge < -0.3 is 1.43 Å². The van der Waals surface area contributed by atoms with E-state index in [4.69, 9.17) is 4.18 Å². The first-order valence-corrected chi connectivity index (χ1v) is 17.0. The molecule has 1 atom stereocenters. The van der Waals surface area contributed by atoms with Crippen molar-refractivity contribution in [3.63, 3.8) is 0 Å². The van der Waals surface area contributed by atoms with Crippen molar-refractivity contribution in [2.45, 2.75) is 186 Å². The fourth-order valence-corrected chi connectivity index (χ4v) is 5.61. The number of alkyl halides is 1. The molecular formula is C30H62FLiO3S. The van der Waals surface area contributed by atoms with Gasteiger partial charge in [0.25, 0.3) is 10.1 Å². The van der Waals surface area contributed by atoms with Gasteiger partial charge in [0, 0.05) is 0 Å². The predicted octanol–water partition coefficient (Wildman–Crippen LogP) is 7.93. The van der Waals surface area contributed by atoms with Gasteiger partial charge in [-0.2, -0.15) is 8.42 Å². The standard InChI is InChI=1S/C30H61FO3S.Li.H/c1-3-5-7-9-11-12-13-14-15-16-17-18-19-20-21-23-25-27-29-34-35(32,33)30(31)28-26-24-22-10-8-6-4-2;;/h30H,3-29H2,1-2H3;;/q;+1;-1. The molecule has 0 saturated heterocycles. The quantitative estimate of drug-likeness (QED) is 0.0562. The Morgan fingerprint density at radius 2 is 0.806 bits per heavy atom. The van der Waals surface area contributed by atoms with E-state index < -0.39 is 15.6 Å². The number of rotatable bonds is 29. The van der Waals surface area contributed by atoms with Crippen molar-refractivity contribution in [2.24, 2.45) is 0 Å². The second-order valence-electron chi connectivity index (χ2n) is 10.6. The number of unbranched alkanes of at least 4 members (excludes halogenated alkanes) is 23. The molecule has 0 N–H and O–H groups in total. The Balaban J connectivity index is -0.00000578. The summed E-state index contributed by atoms with van der Waals surface area (Å²) in [7, 11) is -4.05. The molecule has 0 radical (unpaired) electrons. The normalized spacial score (nSPS) is 12.5. The van der Waals surface area contributed by atoms with Crippen molar-refractivity contribution in [3.05, 3.63) is 0 Å². The second-order valence-corrected chi connectivity index (χ2v) is 12.4. The van der Waals surface area contributed by atoms with Gasteiger partial charge in [0.05, 0.1) is 6.61 Å². The van der Waals surface area contributed by atoms with E-state index in [2.05, 4.69) is 13.8 Å². The van der Waals surface area contributed by atoms with Crippen molar-refractivity contribution in [1.82, 2.24) is 0 Å². The maximum absolute atomic E-state index is 14.0. The van der Waals surface area contributed by atoms with Crippen LogP contribution in [0.2, 0.25) is 0 Å². The summed E-state index contributed by atoms with van der Waals surface area (Å²) in [6.07, 6.45) is 30.8. The van der Waals surface area contributed by atoms with Crippen LogP contribution >= 0.6 is 0 Å². The van der Waals surface area contributed by atoms with Crippen LogP contribution in [0.4, 0.5) is 4.39 Å². The molecule has 0 amide bonds. The third-order valence-corrected chi connectivity index (χ3v) is 8.45. The van der Waals surface area contributed by atoms with Crippen molar-refractivity contribution in [2.75, 3.05) is 6.61 Å². The Morgan fingerprint density at radius 1 is 0.528 bits per heavy atom. The van der Waals surface area contributed by atoms with E-state index in [0.29, 0.717) is 12.8 Å². The van der Waals surface area contributed by atoms with Crippen molar-refractivity contribution < 1.29 is 37.3 Å². The van der Waals surface area contributed by atoms with Gasteiger partial charge in [-0.25, -0.2) is 4.39 Å². The van der Waals surface area contributed by atoms with Crippen molar-refractivity contribution in [1.29, 1.82) is 0 Å². The Hall–Kier alpha value is 0.437. The summed E-state index contributed by atoms with van der Waals surface area (Å²) in [4.78, 5) is 0. The fourth-order valence-electron chi connectivity index (χ4n) is 4.66. The molecule has 0 aliphatic rings. The van der Waals surface area contributed by atoms with Gasteiger partial charge in [-0.15, -0.1) is 0 Å². The van der Waals surface area contributed by atoms with Crippen LogP contribution in [-0.2, 0) is 14.3 Å².